The molecule has 2 nitrogen and oxygen atoms in total. The average molecular weight is 219 g/mol. The SMILES string of the molecule is CCOc1cccc(C2NCCC2CC)c1. The van der Waals surface area contributed by atoms with E-state index in [0.29, 0.717) is 6.04 Å². The highest BCUT2D eigenvalue weighted by molar-refractivity contribution is 5.31. The zero-order chi connectivity index (χ0) is 11.4. The highest BCUT2D eigenvalue weighted by Crippen LogP contribution is 2.33. The molecule has 0 bridgehead atoms. The molecule has 1 aromatic carbocycles. The molecule has 2 unspecified atom stereocenters. The number of benzene rings is 1. The largest absolute Gasteiger partial charge is 0.494 e. The number of rotatable bonds is 4. The van der Waals surface area contributed by atoms with E-state index in [1.54, 1.807) is 0 Å². The summed E-state index contributed by atoms with van der Waals surface area (Å²) in [6.07, 6.45) is 2.54. The first kappa shape index (κ1) is 11.5. The van der Waals surface area contributed by atoms with Crippen LogP contribution in [0.4, 0.5) is 0 Å². The maximum Gasteiger partial charge on any atom is 0.119 e. The molecule has 1 N–H and O–H groups in total. The van der Waals surface area contributed by atoms with Gasteiger partial charge in [-0.3, -0.25) is 0 Å². The van der Waals surface area contributed by atoms with Crippen molar-refractivity contribution >= 4 is 0 Å². The van der Waals surface area contributed by atoms with Crippen LogP contribution in [0.5, 0.6) is 5.75 Å². The molecule has 0 aliphatic carbocycles. The van der Waals surface area contributed by atoms with E-state index in [2.05, 4.69) is 30.4 Å². The second-order valence-electron chi connectivity index (χ2n) is 4.39. The molecule has 2 atom stereocenters. The Morgan fingerprint density at radius 2 is 2.25 bits per heavy atom. The Balaban J connectivity index is 2.16. The van der Waals surface area contributed by atoms with E-state index in [9.17, 15) is 0 Å². The minimum absolute atomic E-state index is 0.519. The van der Waals surface area contributed by atoms with Crippen molar-refractivity contribution in [1.29, 1.82) is 0 Å². The lowest BCUT2D eigenvalue weighted by molar-refractivity contribution is 0.339. The molecule has 0 amide bonds. The van der Waals surface area contributed by atoms with Crippen LogP contribution < -0.4 is 10.1 Å². The minimum Gasteiger partial charge on any atom is -0.494 e. The van der Waals surface area contributed by atoms with E-state index >= 15 is 0 Å². The molecule has 1 aliphatic rings. The molecule has 0 saturated carbocycles. The van der Waals surface area contributed by atoms with Gasteiger partial charge in [-0.25, -0.2) is 0 Å². The molecule has 2 heteroatoms. The fourth-order valence-electron chi connectivity index (χ4n) is 2.55. The Kier molecular flexibility index (Phi) is 3.83. The number of nitrogens with one attached hydrogen (secondary N) is 1. The van der Waals surface area contributed by atoms with Crippen molar-refractivity contribution in [3.63, 3.8) is 0 Å². The van der Waals surface area contributed by atoms with Crippen LogP contribution in [0.3, 0.4) is 0 Å². The highest BCUT2D eigenvalue weighted by Gasteiger charge is 2.26. The maximum absolute atomic E-state index is 5.55. The van der Waals surface area contributed by atoms with E-state index in [4.69, 9.17) is 4.74 Å². The summed E-state index contributed by atoms with van der Waals surface area (Å²) >= 11 is 0. The molecule has 1 aromatic rings. The van der Waals surface area contributed by atoms with Crippen LogP contribution in [0, 0.1) is 5.92 Å². The molecule has 0 radical (unpaired) electrons. The minimum atomic E-state index is 0.519. The summed E-state index contributed by atoms with van der Waals surface area (Å²) in [6.45, 7) is 6.17. The van der Waals surface area contributed by atoms with Gasteiger partial charge >= 0.3 is 0 Å². The maximum atomic E-state index is 5.55. The van der Waals surface area contributed by atoms with Gasteiger partial charge in [-0.2, -0.15) is 0 Å². The van der Waals surface area contributed by atoms with Gasteiger partial charge in [0.25, 0.3) is 0 Å². The normalized spacial score (nSPS) is 24.6. The Morgan fingerprint density at radius 1 is 1.38 bits per heavy atom. The lowest BCUT2D eigenvalue weighted by Gasteiger charge is -2.19. The Morgan fingerprint density at radius 3 is 3.00 bits per heavy atom. The third-order valence-electron chi connectivity index (χ3n) is 3.40. The molecular formula is C14H21NO. The second kappa shape index (κ2) is 5.35. The number of ether oxygens (including phenoxy) is 1. The third kappa shape index (κ3) is 2.38. The second-order valence-corrected chi connectivity index (χ2v) is 4.39. The molecule has 1 aliphatic heterocycles. The quantitative estimate of drug-likeness (QED) is 0.840. The molecule has 1 fully saturated rings. The summed E-state index contributed by atoms with van der Waals surface area (Å²) in [4.78, 5) is 0. The van der Waals surface area contributed by atoms with Crippen molar-refractivity contribution in [3.05, 3.63) is 29.8 Å². The van der Waals surface area contributed by atoms with Crippen LogP contribution in [0.1, 0.15) is 38.3 Å². The van der Waals surface area contributed by atoms with Crippen molar-refractivity contribution < 1.29 is 4.74 Å². The molecular weight excluding hydrogens is 198 g/mol. The van der Waals surface area contributed by atoms with E-state index < -0.39 is 0 Å². The predicted octanol–water partition coefficient (Wildman–Crippen LogP) is 3.15. The topological polar surface area (TPSA) is 21.3 Å². The van der Waals surface area contributed by atoms with Crippen molar-refractivity contribution in [1.82, 2.24) is 5.32 Å². The Labute approximate surface area is 98.0 Å². The monoisotopic (exact) mass is 219 g/mol. The van der Waals surface area contributed by atoms with Gasteiger partial charge in [-0.1, -0.05) is 25.5 Å². The van der Waals surface area contributed by atoms with Crippen LogP contribution >= 0.6 is 0 Å². The summed E-state index contributed by atoms with van der Waals surface area (Å²) in [5.41, 5.74) is 1.37. The smallest absolute Gasteiger partial charge is 0.119 e. The first-order valence-corrected chi connectivity index (χ1v) is 6.31. The lowest BCUT2D eigenvalue weighted by Crippen LogP contribution is -2.17. The average Bonchev–Trinajstić information content (AvgIpc) is 2.78. The molecule has 0 aromatic heterocycles. The number of hydrogen-bond donors (Lipinski definition) is 1. The Hall–Kier alpha value is -1.02. The van der Waals surface area contributed by atoms with Crippen LogP contribution in [0.2, 0.25) is 0 Å². The molecule has 2 rings (SSSR count). The van der Waals surface area contributed by atoms with Crippen LogP contribution in [-0.2, 0) is 0 Å². The van der Waals surface area contributed by atoms with Crippen molar-refractivity contribution in [2.24, 2.45) is 5.92 Å². The standard InChI is InChI=1S/C14H21NO/c1-3-11-8-9-15-14(11)12-6-5-7-13(10-12)16-4-2/h5-7,10-11,14-15H,3-4,8-9H2,1-2H3. The van der Waals surface area contributed by atoms with E-state index in [-0.39, 0.29) is 0 Å². The molecule has 1 heterocycles. The third-order valence-corrected chi connectivity index (χ3v) is 3.40. The summed E-state index contributed by atoms with van der Waals surface area (Å²) in [5, 5.41) is 3.59. The van der Waals surface area contributed by atoms with Gasteiger partial charge in [0.15, 0.2) is 0 Å². The van der Waals surface area contributed by atoms with E-state index in [0.717, 1.165) is 24.8 Å². The molecule has 1 saturated heterocycles. The molecule has 16 heavy (non-hydrogen) atoms. The van der Waals surface area contributed by atoms with Gasteiger partial charge in [0.05, 0.1) is 6.61 Å². The molecule has 0 spiro atoms. The Bertz CT molecular complexity index is 337. The fourth-order valence-corrected chi connectivity index (χ4v) is 2.55. The summed E-state index contributed by atoms with van der Waals surface area (Å²) in [6, 6.07) is 9.02. The van der Waals surface area contributed by atoms with Crippen molar-refractivity contribution in [3.8, 4) is 5.75 Å². The van der Waals surface area contributed by atoms with Crippen molar-refractivity contribution in [2.75, 3.05) is 13.2 Å². The van der Waals surface area contributed by atoms with E-state index in [1.807, 2.05) is 13.0 Å². The summed E-state index contributed by atoms with van der Waals surface area (Å²) < 4.78 is 5.55. The van der Waals surface area contributed by atoms with Gasteiger partial charge in [0, 0.05) is 6.04 Å². The van der Waals surface area contributed by atoms with Gasteiger partial charge in [0.1, 0.15) is 5.75 Å². The fraction of sp³-hybridized carbons (Fsp3) is 0.571. The van der Waals surface area contributed by atoms with Crippen LogP contribution in [-0.4, -0.2) is 13.2 Å². The first-order valence-electron chi connectivity index (χ1n) is 6.31. The highest BCUT2D eigenvalue weighted by atomic mass is 16.5. The summed E-state index contributed by atoms with van der Waals surface area (Å²) in [7, 11) is 0. The van der Waals surface area contributed by atoms with Gasteiger partial charge in [0.2, 0.25) is 0 Å². The molecule has 88 valence electrons. The summed E-state index contributed by atoms with van der Waals surface area (Å²) in [5.74, 6) is 1.76. The predicted molar refractivity (Wildman–Crippen MR) is 66.8 cm³/mol. The van der Waals surface area contributed by atoms with Gasteiger partial charge in [-0.05, 0) is 43.5 Å². The number of hydrogen-bond acceptors (Lipinski definition) is 2. The first-order chi connectivity index (χ1) is 7.85. The zero-order valence-corrected chi connectivity index (χ0v) is 10.2. The van der Waals surface area contributed by atoms with E-state index in [1.165, 1.54) is 18.4 Å². The van der Waals surface area contributed by atoms with Gasteiger partial charge < -0.3 is 10.1 Å². The lowest BCUT2D eigenvalue weighted by atomic mass is 9.92. The van der Waals surface area contributed by atoms with Crippen LogP contribution in [0.15, 0.2) is 24.3 Å². The van der Waals surface area contributed by atoms with Crippen molar-refractivity contribution in [2.45, 2.75) is 32.7 Å². The zero-order valence-electron chi connectivity index (χ0n) is 10.2. The van der Waals surface area contributed by atoms with Crippen LogP contribution in [0.25, 0.3) is 0 Å². The van der Waals surface area contributed by atoms with Gasteiger partial charge in [-0.15, -0.1) is 0 Å².